The summed E-state index contributed by atoms with van der Waals surface area (Å²) in [6, 6.07) is 1.34. The summed E-state index contributed by atoms with van der Waals surface area (Å²) in [5.41, 5.74) is 3.98. The lowest BCUT2D eigenvalue weighted by Crippen LogP contribution is -2.22. The molecule has 0 bridgehead atoms. The molecule has 0 aromatic carbocycles. The van der Waals surface area contributed by atoms with Crippen molar-refractivity contribution in [3.05, 3.63) is 0 Å². The third-order valence-corrected chi connectivity index (χ3v) is 0.813. The first-order chi connectivity index (χ1) is 6.11. The normalized spacial score (nSPS) is 10.0. The molecule has 1 amide bonds. The maximum absolute atomic E-state index is 10.5. The van der Waals surface area contributed by atoms with Crippen LogP contribution in [0.15, 0.2) is 5.16 Å². The molecule has 0 heterocycles. The lowest BCUT2D eigenvalue weighted by Gasteiger charge is -1.96. The van der Waals surface area contributed by atoms with Gasteiger partial charge in [0.1, 0.15) is 6.07 Å². The van der Waals surface area contributed by atoms with E-state index in [9.17, 15) is 9.59 Å². The van der Waals surface area contributed by atoms with Crippen molar-refractivity contribution in [3.8, 4) is 6.07 Å². The fourth-order valence-corrected chi connectivity index (χ4v) is 0.348. The Morgan fingerprint density at radius 2 is 2.23 bits per heavy atom. The number of nitrogens with zero attached hydrogens (tertiary/aromatic N) is 2. The summed E-state index contributed by atoms with van der Waals surface area (Å²) < 4.78 is 4.29. The highest BCUT2D eigenvalue weighted by atomic mass is 16.8. The number of carbonyl (C=O) groups is 2. The first-order valence-corrected chi connectivity index (χ1v) is 3.23. The molecule has 0 saturated carbocycles. The van der Waals surface area contributed by atoms with Gasteiger partial charge in [-0.1, -0.05) is 5.16 Å². The van der Waals surface area contributed by atoms with Crippen molar-refractivity contribution in [2.75, 3.05) is 6.61 Å². The van der Waals surface area contributed by atoms with E-state index in [0.29, 0.717) is 0 Å². The van der Waals surface area contributed by atoms with E-state index in [1.807, 2.05) is 0 Å². The molecule has 0 rings (SSSR count). The number of carbonyl (C=O) groups excluding carboxylic acids is 2. The first-order valence-electron chi connectivity index (χ1n) is 3.23. The molecule has 0 unspecified atom stereocenters. The molecule has 0 saturated heterocycles. The first kappa shape index (κ1) is 10.9. The Kier molecular flexibility index (Phi) is 4.64. The van der Waals surface area contributed by atoms with E-state index < -0.39 is 17.8 Å². The SMILES string of the molecule is CCOC(=O)O/N=C(/C#N)C(N)=O. The van der Waals surface area contributed by atoms with Crippen LogP contribution in [0.25, 0.3) is 0 Å². The van der Waals surface area contributed by atoms with Crippen molar-refractivity contribution >= 4 is 17.8 Å². The van der Waals surface area contributed by atoms with Crippen LogP contribution in [0, 0.1) is 11.3 Å². The molecule has 0 spiro atoms. The van der Waals surface area contributed by atoms with Gasteiger partial charge < -0.3 is 10.5 Å². The van der Waals surface area contributed by atoms with Gasteiger partial charge in [-0.2, -0.15) is 5.26 Å². The van der Waals surface area contributed by atoms with Crippen LogP contribution in [0.5, 0.6) is 0 Å². The minimum Gasteiger partial charge on any atom is -0.433 e. The van der Waals surface area contributed by atoms with Gasteiger partial charge in [-0.05, 0) is 6.92 Å². The number of ether oxygens (including phenoxy) is 1. The van der Waals surface area contributed by atoms with Crippen molar-refractivity contribution in [1.82, 2.24) is 0 Å². The molecule has 0 aromatic rings. The number of nitriles is 1. The molecule has 2 N–H and O–H groups in total. The Balaban J connectivity index is 4.17. The lowest BCUT2D eigenvalue weighted by molar-refractivity contribution is -0.112. The van der Waals surface area contributed by atoms with Crippen LogP contribution >= 0.6 is 0 Å². The minimum atomic E-state index is -1.10. The largest absolute Gasteiger partial charge is 0.535 e. The van der Waals surface area contributed by atoms with E-state index in [1.165, 1.54) is 6.07 Å². The number of nitrogens with two attached hydrogens (primary N) is 1. The maximum Gasteiger partial charge on any atom is 0.535 e. The zero-order valence-electron chi connectivity index (χ0n) is 6.81. The molecule has 7 nitrogen and oxygen atoms in total. The third-order valence-electron chi connectivity index (χ3n) is 0.813. The smallest absolute Gasteiger partial charge is 0.433 e. The van der Waals surface area contributed by atoms with Crippen molar-refractivity contribution in [1.29, 1.82) is 5.26 Å². The van der Waals surface area contributed by atoms with Crippen LogP contribution in [-0.2, 0) is 14.4 Å². The molecule has 0 atom stereocenters. The Bertz CT molecular complexity index is 278. The molecule has 13 heavy (non-hydrogen) atoms. The standard InChI is InChI=1S/C6H7N3O4/c1-2-12-6(11)13-9-4(3-7)5(8)10/h2H2,1H3,(H2,8,10)/b9-4-. The Hall–Kier alpha value is -2.10. The van der Waals surface area contributed by atoms with Crippen LogP contribution in [0.1, 0.15) is 6.92 Å². The zero-order chi connectivity index (χ0) is 10.3. The van der Waals surface area contributed by atoms with Gasteiger partial charge in [0.15, 0.2) is 0 Å². The van der Waals surface area contributed by atoms with E-state index in [4.69, 9.17) is 5.26 Å². The molecule has 0 fully saturated rings. The summed E-state index contributed by atoms with van der Waals surface area (Å²) >= 11 is 0. The van der Waals surface area contributed by atoms with Crippen molar-refractivity contribution in [2.24, 2.45) is 10.9 Å². The minimum absolute atomic E-state index is 0.104. The fraction of sp³-hybridized carbons (Fsp3) is 0.333. The van der Waals surface area contributed by atoms with Gasteiger partial charge in [-0.25, -0.2) is 4.79 Å². The average Bonchev–Trinajstić information content (AvgIpc) is 2.05. The van der Waals surface area contributed by atoms with Gasteiger partial charge in [0.2, 0.25) is 5.71 Å². The molecular formula is C6H7N3O4. The molecule has 7 heteroatoms. The second-order valence-electron chi connectivity index (χ2n) is 1.69. The summed E-state index contributed by atoms with van der Waals surface area (Å²) in [6.07, 6.45) is -1.10. The van der Waals surface area contributed by atoms with Gasteiger partial charge in [0.25, 0.3) is 5.91 Å². The van der Waals surface area contributed by atoms with Crippen LogP contribution in [0.4, 0.5) is 4.79 Å². The number of hydrogen-bond acceptors (Lipinski definition) is 6. The number of primary amides is 1. The third kappa shape index (κ3) is 4.36. The predicted octanol–water partition coefficient (Wildman–Crippen LogP) is -0.476. The quantitative estimate of drug-likeness (QED) is 0.276. The Morgan fingerprint density at radius 1 is 1.62 bits per heavy atom. The summed E-state index contributed by atoms with van der Waals surface area (Å²) in [5, 5.41) is 11.1. The molecule has 0 aromatic heterocycles. The molecule has 0 aliphatic carbocycles. The van der Waals surface area contributed by atoms with Crippen LogP contribution in [-0.4, -0.2) is 24.4 Å². The van der Waals surface area contributed by atoms with Gasteiger partial charge >= 0.3 is 6.16 Å². The highest BCUT2D eigenvalue weighted by Gasteiger charge is 2.08. The zero-order valence-corrected chi connectivity index (χ0v) is 6.81. The maximum atomic E-state index is 10.5. The summed E-state index contributed by atoms with van der Waals surface area (Å²) in [5.74, 6) is -1.08. The second-order valence-corrected chi connectivity index (χ2v) is 1.69. The van der Waals surface area contributed by atoms with Crippen molar-refractivity contribution in [3.63, 3.8) is 0 Å². The summed E-state index contributed by atoms with van der Waals surface area (Å²) in [4.78, 5) is 24.8. The summed E-state index contributed by atoms with van der Waals surface area (Å²) in [7, 11) is 0. The van der Waals surface area contributed by atoms with E-state index >= 15 is 0 Å². The van der Waals surface area contributed by atoms with Crippen LogP contribution in [0.2, 0.25) is 0 Å². The van der Waals surface area contributed by atoms with Crippen molar-refractivity contribution in [2.45, 2.75) is 6.92 Å². The molecule has 0 aliphatic rings. The van der Waals surface area contributed by atoms with Crippen molar-refractivity contribution < 1.29 is 19.2 Å². The van der Waals surface area contributed by atoms with Gasteiger partial charge in [-0.3, -0.25) is 9.63 Å². The predicted molar refractivity (Wildman–Crippen MR) is 40.3 cm³/mol. The molecular weight excluding hydrogens is 178 g/mol. The number of rotatable bonds is 3. The number of amides is 1. The highest BCUT2D eigenvalue weighted by Crippen LogP contribution is 1.87. The van der Waals surface area contributed by atoms with Gasteiger partial charge in [-0.15, -0.1) is 0 Å². The van der Waals surface area contributed by atoms with Crippen LogP contribution in [0.3, 0.4) is 0 Å². The van der Waals surface area contributed by atoms with E-state index in [1.54, 1.807) is 6.92 Å². The second kappa shape index (κ2) is 5.54. The summed E-state index contributed by atoms with van der Waals surface area (Å²) in [6.45, 7) is 1.66. The number of oxime groups is 1. The van der Waals surface area contributed by atoms with Gasteiger partial charge in [0.05, 0.1) is 6.61 Å². The molecule has 0 radical (unpaired) electrons. The Morgan fingerprint density at radius 3 is 2.62 bits per heavy atom. The number of hydrogen-bond donors (Lipinski definition) is 1. The topological polar surface area (TPSA) is 115 Å². The van der Waals surface area contributed by atoms with E-state index in [2.05, 4.69) is 20.5 Å². The monoisotopic (exact) mass is 185 g/mol. The highest BCUT2D eigenvalue weighted by molar-refractivity contribution is 6.44. The van der Waals surface area contributed by atoms with Gasteiger partial charge in [0, 0.05) is 0 Å². The Labute approximate surface area is 73.7 Å². The fourth-order valence-electron chi connectivity index (χ4n) is 0.348. The lowest BCUT2D eigenvalue weighted by atomic mass is 10.4. The molecule has 70 valence electrons. The van der Waals surface area contributed by atoms with E-state index in [0.717, 1.165) is 0 Å². The van der Waals surface area contributed by atoms with Crippen LogP contribution < -0.4 is 5.73 Å². The average molecular weight is 185 g/mol. The van der Waals surface area contributed by atoms with E-state index in [-0.39, 0.29) is 6.61 Å². The molecule has 0 aliphatic heterocycles.